The smallest absolute Gasteiger partial charge is 0.317 e. The number of hydrogen-bond donors (Lipinski definition) is 1. The predicted molar refractivity (Wildman–Crippen MR) is 93.2 cm³/mol. The molecule has 0 radical (unpaired) electrons. The molecule has 1 aliphatic heterocycles. The summed E-state index contributed by atoms with van der Waals surface area (Å²) in [5.41, 5.74) is 1.13. The van der Waals surface area contributed by atoms with Gasteiger partial charge in [-0.1, -0.05) is 19.1 Å². The summed E-state index contributed by atoms with van der Waals surface area (Å²) in [6, 6.07) is 7.77. The average molecular weight is 333 g/mol. The van der Waals surface area contributed by atoms with Crippen molar-refractivity contribution in [2.45, 2.75) is 26.2 Å². The third-order valence-electron chi connectivity index (χ3n) is 4.23. The van der Waals surface area contributed by atoms with Crippen LogP contribution in [0, 0.1) is 0 Å². The maximum Gasteiger partial charge on any atom is 0.317 e. The molecule has 24 heavy (non-hydrogen) atoms. The van der Waals surface area contributed by atoms with Gasteiger partial charge >= 0.3 is 6.03 Å². The summed E-state index contributed by atoms with van der Waals surface area (Å²) in [6.07, 6.45) is 2.14. The second-order valence-corrected chi connectivity index (χ2v) is 5.95. The van der Waals surface area contributed by atoms with Crippen LogP contribution in [0.2, 0.25) is 0 Å². The maximum absolute atomic E-state index is 12.3. The second-order valence-electron chi connectivity index (χ2n) is 5.95. The molecule has 1 N–H and O–H groups in total. The molecule has 0 aromatic heterocycles. The van der Waals surface area contributed by atoms with Crippen LogP contribution in [0.1, 0.15) is 25.3 Å². The summed E-state index contributed by atoms with van der Waals surface area (Å²) in [5, 5.41) is 2.88. The van der Waals surface area contributed by atoms with Crippen LogP contribution in [0.5, 0.6) is 5.75 Å². The molecule has 1 aliphatic rings. The van der Waals surface area contributed by atoms with E-state index in [0.717, 1.165) is 24.2 Å². The van der Waals surface area contributed by atoms with Crippen molar-refractivity contribution >= 4 is 11.9 Å². The minimum absolute atomic E-state index is 0.0258. The number of hydrogen-bond acceptors (Lipinski definition) is 3. The van der Waals surface area contributed by atoms with E-state index in [2.05, 4.69) is 5.32 Å². The lowest BCUT2D eigenvalue weighted by atomic mass is 10.1. The molecule has 0 unspecified atom stereocenters. The Labute approximate surface area is 143 Å². The van der Waals surface area contributed by atoms with E-state index in [9.17, 15) is 9.59 Å². The lowest BCUT2D eigenvalue weighted by molar-refractivity contribution is -0.132. The molecule has 6 nitrogen and oxygen atoms in total. The summed E-state index contributed by atoms with van der Waals surface area (Å²) < 4.78 is 5.13. The summed E-state index contributed by atoms with van der Waals surface area (Å²) in [6.45, 7) is 5.15. The van der Waals surface area contributed by atoms with Crippen molar-refractivity contribution in [3.63, 3.8) is 0 Å². The normalized spacial score (nSPS) is 14.4. The number of piperazine rings is 1. The molecular weight excluding hydrogens is 306 g/mol. The van der Waals surface area contributed by atoms with Gasteiger partial charge in [-0.15, -0.1) is 0 Å². The van der Waals surface area contributed by atoms with Crippen molar-refractivity contribution in [2.75, 3.05) is 39.8 Å². The number of amides is 3. The molecule has 0 saturated carbocycles. The van der Waals surface area contributed by atoms with E-state index < -0.39 is 0 Å². The highest BCUT2D eigenvalue weighted by atomic mass is 16.5. The molecule has 0 bridgehead atoms. The Balaban J connectivity index is 1.73. The molecule has 1 aromatic carbocycles. The maximum atomic E-state index is 12.3. The Morgan fingerprint density at radius 2 is 1.71 bits per heavy atom. The molecule has 0 aliphatic carbocycles. The van der Waals surface area contributed by atoms with Crippen LogP contribution in [-0.2, 0) is 11.2 Å². The molecular formula is C18H27N3O3. The minimum atomic E-state index is -0.0258. The topological polar surface area (TPSA) is 61.9 Å². The van der Waals surface area contributed by atoms with Gasteiger partial charge in [-0.05, 0) is 30.5 Å². The first-order valence-electron chi connectivity index (χ1n) is 8.57. The van der Waals surface area contributed by atoms with Gasteiger partial charge in [-0.3, -0.25) is 4.79 Å². The number of nitrogens with one attached hydrogen (secondary N) is 1. The highest BCUT2D eigenvalue weighted by molar-refractivity contribution is 5.78. The number of rotatable bonds is 6. The largest absolute Gasteiger partial charge is 0.497 e. The van der Waals surface area contributed by atoms with E-state index in [1.54, 1.807) is 12.0 Å². The standard InChI is InChI=1S/C18H27N3O3/c1-3-10-19-18(23)21-13-11-20(12-14-21)17(22)9-6-15-4-7-16(24-2)8-5-15/h4-5,7-8H,3,6,9-14H2,1-2H3,(H,19,23). The predicted octanol–water partition coefficient (Wildman–Crippen LogP) is 1.89. The Bertz CT molecular complexity index is 537. The fraction of sp³-hybridized carbons (Fsp3) is 0.556. The number of carbonyl (C=O) groups is 2. The van der Waals surface area contributed by atoms with Gasteiger partial charge in [-0.2, -0.15) is 0 Å². The zero-order valence-electron chi connectivity index (χ0n) is 14.6. The van der Waals surface area contributed by atoms with E-state index >= 15 is 0 Å². The fourth-order valence-electron chi connectivity index (χ4n) is 2.70. The van der Waals surface area contributed by atoms with Crippen LogP contribution in [0.15, 0.2) is 24.3 Å². The Morgan fingerprint density at radius 1 is 1.08 bits per heavy atom. The second kappa shape index (κ2) is 9.15. The molecule has 1 aromatic rings. The summed E-state index contributed by atoms with van der Waals surface area (Å²) >= 11 is 0. The summed E-state index contributed by atoms with van der Waals surface area (Å²) in [4.78, 5) is 27.9. The molecule has 6 heteroatoms. The lowest BCUT2D eigenvalue weighted by Crippen LogP contribution is -2.53. The molecule has 0 spiro atoms. The number of aryl methyl sites for hydroxylation is 1. The first-order chi connectivity index (χ1) is 11.6. The van der Waals surface area contributed by atoms with Crippen molar-refractivity contribution in [1.82, 2.24) is 15.1 Å². The first kappa shape index (κ1) is 18.1. The van der Waals surface area contributed by atoms with E-state index in [1.165, 1.54) is 0 Å². The van der Waals surface area contributed by atoms with Gasteiger partial charge < -0.3 is 19.9 Å². The van der Waals surface area contributed by atoms with Gasteiger partial charge in [-0.25, -0.2) is 4.79 Å². The quantitative estimate of drug-likeness (QED) is 0.865. The first-order valence-corrected chi connectivity index (χ1v) is 8.57. The van der Waals surface area contributed by atoms with Gasteiger partial charge in [0.1, 0.15) is 5.75 Å². The Kier molecular flexibility index (Phi) is 6.90. The van der Waals surface area contributed by atoms with Crippen LogP contribution >= 0.6 is 0 Å². The molecule has 1 saturated heterocycles. The third kappa shape index (κ3) is 5.15. The van der Waals surface area contributed by atoms with Crippen LogP contribution in [0.25, 0.3) is 0 Å². The van der Waals surface area contributed by atoms with E-state index in [0.29, 0.717) is 39.1 Å². The SMILES string of the molecule is CCCNC(=O)N1CCN(C(=O)CCc2ccc(OC)cc2)CC1. The molecule has 1 heterocycles. The van der Waals surface area contributed by atoms with Crippen molar-refractivity contribution in [3.05, 3.63) is 29.8 Å². The molecule has 0 atom stereocenters. The summed E-state index contributed by atoms with van der Waals surface area (Å²) in [5.74, 6) is 0.974. The van der Waals surface area contributed by atoms with Crippen molar-refractivity contribution in [1.29, 1.82) is 0 Å². The molecule has 1 fully saturated rings. The van der Waals surface area contributed by atoms with Crippen molar-refractivity contribution < 1.29 is 14.3 Å². The number of nitrogens with zero attached hydrogens (tertiary/aromatic N) is 2. The third-order valence-corrected chi connectivity index (χ3v) is 4.23. The number of carbonyl (C=O) groups excluding carboxylic acids is 2. The highest BCUT2D eigenvalue weighted by Crippen LogP contribution is 2.13. The fourth-order valence-corrected chi connectivity index (χ4v) is 2.70. The molecule has 3 amide bonds. The van der Waals surface area contributed by atoms with Gasteiger partial charge in [0.05, 0.1) is 7.11 Å². The molecule has 132 valence electrons. The van der Waals surface area contributed by atoms with Crippen molar-refractivity contribution in [2.24, 2.45) is 0 Å². The lowest BCUT2D eigenvalue weighted by Gasteiger charge is -2.34. The van der Waals surface area contributed by atoms with E-state index in [-0.39, 0.29) is 11.9 Å². The summed E-state index contributed by atoms with van der Waals surface area (Å²) in [7, 11) is 1.64. The Hall–Kier alpha value is -2.24. The van der Waals surface area contributed by atoms with Gasteiger partial charge in [0, 0.05) is 39.1 Å². The number of methoxy groups -OCH3 is 1. The zero-order chi connectivity index (χ0) is 17.4. The van der Waals surface area contributed by atoms with Crippen LogP contribution in [0.4, 0.5) is 4.79 Å². The average Bonchev–Trinajstić information content (AvgIpc) is 2.64. The van der Waals surface area contributed by atoms with Gasteiger partial charge in [0.2, 0.25) is 5.91 Å². The zero-order valence-corrected chi connectivity index (χ0v) is 14.6. The number of urea groups is 1. The number of ether oxygens (including phenoxy) is 1. The van der Waals surface area contributed by atoms with Crippen LogP contribution < -0.4 is 10.1 Å². The molecule has 2 rings (SSSR count). The van der Waals surface area contributed by atoms with Crippen molar-refractivity contribution in [3.8, 4) is 5.75 Å². The Morgan fingerprint density at radius 3 is 2.29 bits per heavy atom. The monoisotopic (exact) mass is 333 g/mol. The van der Waals surface area contributed by atoms with E-state index in [1.807, 2.05) is 36.1 Å². The highest BCUT2D eigenvalue weighted by Gasteiger charge is 2.23. The van der Waals surface area contributed by atoms with Crippen LogP contribution in [-0.4, -0.2) is 61.6 Å². The van der Waals surface area contributed by atoms with Gasteiger partial charge in [0.25, 0.3) is 0 Å². The van der Waals surface area contributed by atoms with E-state index in [4.69, 9.17) is 4.74 Å². The van der Waals surface area contributed by atoms with Gasteiger partial charge in [0.15, 0.2) is 0 Å². The number of benzene rings is 1. The minimum Gasteiger partial charge on any atom is -0.497 e. The van der Waals surface area contributed by atoms with Crippen LogP contribution in [0.3, 0.4) is 0 Å².